The first kappa shape index (κ1) is 28.4. The third-order valence-corrected chi connectivity index (χ3v) is 7.11. The Morgan fingerprint density at radius 3 is 2.29 bits per heavy atom. The second-order valence-corrected chi connectivity index (χ2v) is 11.0. The Morgan fingerprint density at radius 1 is 1.00 bits per heavy atom. The molecule has 0 fully saturated rings. The van der Waals surface area contributed by atoms with Crippen LogP contribution < -0.4 is 9.62 Å². The second kappa shape index (κ2) is 13.3. The standard InChI is InChI=1S/C27H39N3O4S/c1-6-7-17-28-27(32)23(4)29(20-24-15-13-21(2)14-16-24)26(31)12-9-18-30(35(5,33)34)25-11-8-10-22(3)19-25/h8,10-11,13-16,19,23H,6-7,9,12,17-18,20H2,1-5H3,(H,28,32)/t23-/m0/s1. The van der Waals surface area contributed by atoms with Crippen molar-refractivity contribution in [3.63, 3.8) is 0 Å². The van der Waals surface area contributed by atoms with Crippen molar-refractivity contribution in [2.75, 3.05) is 23.7 Å². The van der Waals surface area contributed by atoms with Crippen LogP contribution in [-0.2, 0) is 26.2 Å². The number of aryl methyl sites for hydroxylation is 2. The van der Waals surface area contributed by atoms with E-state index in [-0.39, 0.29) is 24.8 Å². The number of unbranched alkanes of at least 4 members (excludes halogenated alkanes) is 1. The molecule has 0 aliphatic rings. The van der Waals surface area contributed by atoms with Crippen molar-refractivity contribution >= 4 is 27.5 Å². The molecule has 35 heavy (non-hydrogen) atoms. The molecule has 0 aliphatic heterocycles. The first-order valence-electron chi connectivity index (χ1n) is 12.2. The van der Waals surface area contributed by atoms with Crippen LogP contribution in [0.4, 0.5) is 5.69 Å². The van der Waals surface area contributed by atoms with Crippen molar-refractivity contribution in [3.05, 3.63) is 65.2 Å². The van der Waals surface area contributed by atoms with E-state index in [4.69, 9.17) is 0 Å². The van der Waals surface area contributed by atoms with Crippen LogP contribution in [0, 0.1) is 13.8 Å². The monoisotopic (exact) mass is 501 g/mol. The van der Waals surface area contributed by atoms with Crippen LogP contribution in [0.5, 0.6) is 0 Å². The molecule has 0 radical (unpaired) electrons. The Kier molecular flexibility index (Phi) is 10.8. The van der Waals surface area contributed by atoms with Crippen LogP contribution in [-0.4, -0.2) is 50.5 Å². The Bertz CT molecular complexity index is 1080. The third kappa shape index (κ3) is 9.02. The number of nitrogens with zero attached hydrogens (tertiary/aromatic N) is 2. The highest BCUT2D eigenvalue weighted by Crippen LogP contribution is 2.20. The minimum Gasteiger partial charge on any atom is -0.354 e. The molecule has 1 atom stereocenters. The number of hydrogen-bond acceptors (Lipinski definition) is 4. The number of rotatable bonds is 13. The van der Waals surface area contributed by atoms with E-state index in [1.807, 2.05) is 56.3 Å². The van der Waals surface area contributed by atoms with E-state index in [0.717, 1.165) is 29.5 Å². The highest BCUT2D eigenvalue weighted by atomic mass is 32.2. The largest absolute Gasteiger partial charge is 0.354 e. The lowest BCUT2D eigenvalue weighted by Gasteiger charge is -2.29. The smallest absolute Gasteiger partial charge is 0.242 e. The third-order valence-electron chi connectivity index (χ3n) is 5.91. The van der Waals surface area contributed by atoms with E-state index in [1.165, 1.54) is 10.6 Å². The van der Waals surface area contributed by atoms with Crippen molar-refractivity contribution in [1.29, 1.82) is 0 Å². The number of carbonyl (C=O) groups is 2. The maximum absolute atomic E-state index is 13.3. The van der Waals surface area contributed by atoms with Crippen molar-refractivity contribution < 1.29 is 18.0 Å². The van der Waals surface area contributed by atoms with Crippen molar-refractivity contribution in [3.8, 4) is 0 Å². The highest BCUT2D eigenvalue weighted by molar-refractivity contribution is 7.92. The van der Waals surface area contributed by atoms with Gasteiger partial charge in [0.15, 0.2) is 0 Å². The van der Waals surface area contributed by atoms with Crippen LogP contribution in [0.1, 0.15) is 56.2 Å². The fourth-order valence-corrected chi connectivity index (χ4v) is 4.75. The summed E-state index contributed by atoms with van der Waals surface area (Å²) in [6, 6.07) is 14.5. The minimum atomic E-state index is -3.50. The summed E-state index contributed by atoms with van der Waals surface area (Å²) in [5.41, 5.74) is 3.60. The lowest BCUT2D eigenvalue weighted by atomic mass is 10.1. The van der Waals surface area contributed by atoms with Gasteiger partial charge in [0.1, 0.15) is 6.04 Å². The zero-order valence-electron chi connectivity index (χ0n) is 21.6. The quantitative estimate of drug-likeness (QED) is 0.417. The molecule has 0 bridgehead atoms. The van der Waals surface area contributed by atoms with Crippen LogP contribution in [0.25, 0.3) is 0 Å². The van der Waals surface area contributed by atoms with Gasteiger partial charge < -0.3 is 10.2 Å². The summed E-state index contributed by atoms with van der Waals surface area (Å²) in [4.78, 5) is 27.6. The highest BCUT2D eigenvalue weighted by Gasteiger charge is 2.26. The SMILES string of the molecule is CCCCNC(=O)[C@H](C)N(Cc1ccc(C)cc1)C(=O)CCCN(c1cccc(C)c1)S(C)(=O)=O. The van der Waals surface area contributed by atoms with Gasteiger partial charge >= 0.3 is 0 Å². The molecule has 2 aromatic rings. The van der Waals surface area contributed by atoms with Crippen molar-refractivity contribution in [2.45, 2.75) is 66.0 Å². The first-order valence-corrected chi connectivity index (χ1v) is 14.0. The summed E-state index contributed by atoms with van der Waals surface area (Å²) < 4.78 is 26.2. The summed E-state index contributed by atoms with van der Waals surface area (Å²) in [5, 5.41) is 2.91. The molecule has 192 valence electrons. The lowest BCUT2D eigenvalue weighted by Crippen LogP contribution is -2.48. The number of anilines is 1. The number of nitrogens with one attached hydrogen (secondary N) is 1. The van der Waals surface area contributed by atoms with Crippen molar-refractivity contribution in [1.82, 2.24) is 10.2 Å². The summed E-state index contributed by atoms with van der Waals surface area (Å²) in [6.45, 7) is 8.77. The van der Waals surface area contributed by atoms with E-state index >= 15 is 0 Å². The Hall–Kier alpha value is -2.87. The Morgan fingerprint density at radius 2 is 1.69 bits per heavy atom. The predicted molar refractivity (Wildman–Crippen MR) is 142 cm³/mol. The minimum absolute atomic E-state index is 0.135. The average molecular weight is 502 g/mol. The molecule has 0 saturated heterocycles. The van der Waals surface area contributed by atoms with Gasteiger partial charge in [-0.2, -0.15) is 0 Å². The summed E-state index contributed by atoms with van der Waals surface area (Å²) >= 11 is 0. The van der Waals surface area contributed by atoms with Crippen molar-refractivity contribution in [2.24, 2.45) is 0 Å². The van der Waals surface area contributed by atoms with E-state index in [9.17, 15) is 18.0 Å². The molecular formula is C27H39N3O4S. The molecule has 7 nitrogen and oxygen atoms in total. The van der Waals surface area contributed by atoms with Crippen LogP contribution in [0.3, 0.4) is 0 Å². The fraction of sp³-hybridized carbons (Fsp3) is 0.481. The molecule has 0 unspecified atom stereocenters. The summed E-state index contributed by atoms with van der Waals surface area (Å²) in [7, 11) is -3.50. The average Bonchev–Trinajstić information content (AvgIpc) is 2.80. The molecule has 1 N–H and O–H groups in total. The predicted octanol–water partition coefficient (Wildman–Crippen LogP) is 4.18. The van der Waals surface area contributed by atoms with Crippen LogP contribution in [0.2, 0.25) is 0 Å². The number of hydrogen-bond donors (Lipinski definition) is 1. The zero-order chi connectivity index (χ0) is 26.0. The Labute approximate surface area is 210 Å². The molecule has 8 heteroatoms. The van der Waals surface area contributed by atoms with Gasteiger partial charge in [0, 0.05) is 26.1 Å². The van der Waals surface area contributed by atoms with E-state index in [2.05, 4.69) is 12.2 Å². The number of amides is 2. The molecule has 0 saturated carbocycles. The lowest BCUT2D eigenvalue weighted by molar-refractivity contribution is -0.140. The van der Waals surface area contributed by atoms with Gasteiger partial charge in [-0.05, 0) is 56.9 Å². The molecule has 0 aromatic heterocycles. The second-order valence-electron chi connectivity index (χ2n) is 9.11. The Balaban J connectivity index is 2.13. The molecular weight excluding hydrogens is 462 g/mol. The van der Waals surface area contributed by atoms with Gasteiger partial charge in [0.25, 0.3) is 0 Å². The normalized spacial score (nSPS) is 12.1. The molecule has 0 heterocycles. The molecule has 2 amide bonds. The number of sulfonamides is 1. The van der Waals surface area contributed by atoms with Gasteiger partial charge in [-0.15, -0.1) is 0 Å². The summed E-state index contributed by atoms with van der Waals surface area (Å²) in [6.07, 6.45) is 3.50. The van der Waals surface area contributed by atoms with Gasteiger partial charge in [-0.1, -0.05) is 55.3 Å². The van der Waals surface area contributed by atoms with Crippen LogP contribution >= 0.6 is 0 Å². The maximum atomic E-state index is 13.3. The first-order chi connectivity index (χ1) is 16.5. The van der Waals surface area contributed by atoms with Crippen LogP contribution in [0.15, 0.2) is 48.5 Å². The van der Waals surface area contributed by atoms with E-state index in [1.54, 1.807) is 17.9 Å². The number of carbonyl (C=O) groups excluding carboxylic acids is 2. The van der Waals surface area contributed by atoms with E-state index in [0.29, 0.717) is 25.2 Å². The van der Waals surface area contributed by atoms with Gasteiger partial charge in [0.2, 0.25) is 21.8 Å². The maximum Gasteiger partial charge on any atom is 0.242 e. The molecule has 0 aliphatic carbocycles. The zero-order valence-corrected chi connectivity index (χ0v) is 22.4. The van der Waals surface area contributed by atoms with Gasteiger partial charge in [-0.25, -0.2) is 8.42 Å². The van der Waals surface area contributed by atoms with E-state index < -0.39 is 16.1 Å². The topological polar surface area (TPSA) is 86.8 Å². The molecule has 2 rings (SSSR count). The summed E-state index contributed by atoms with van der Waals surface area (Å²) in [5.74, 6) is -0.363. The molecule has 0 spiro atoms. The molecule has 2 aromatic carbocycles. The van der Waals surface area contributed by atoms with Gasteiger partial charge in [0.05, 0.1) is 11.9 Å². The fourth-order valence-electron chi connectivity index (χ4n) is 3.80. The number of benzene rings is 2. The van der Waals surface area contributed by atoms with Gasteiger partial charge in [-0.3, -0.25) is 13.9 Å².